The molecule has 4 rings (SSSR count). The van der Waals surface area contributed by atoms with E-state index < -0.39 is 0 Å². The van der Waals surface area contributed by atoms with Crippen molar-refractivity contribution < 1.29 is 4.74 Å². The molecule has 5 heteroatoms. The van der Waals surface area contributed by atoms with Crippen LogP contribution in [-0.4, -0.2) is 34.6 Å². The lowest BCUT2D eigenvalue weighted by Crippen LogP contribution is -2.32. The zero-order valence-corrected chi connectivity index (χ0v) is 15.1. The normalized spacial score (nSPS) is 26.8. The van der Waals surface area contributed by atoms with E-state index in [4.69, 9.17) is 4.74 Å². The molecule has 2 aromatic rings. The number of fused-ring (bicyclic) bond motifs is 1. The quantitative estimate of drug-likeness (QED) is 0.802. The highest BCUT2D eigenvalue weighted by Crippen LogP contribution is 2.49. The molecule has 0 spiro atoms. The maximum Gasteiger partial charge on any atom is 0.0888 e. The molecule has 0 bridgehead atoms. The zero-order valence-electron chi connectivity index (χ0n) is 14.3. The van der Waals surface area contributed by atoms with Crippen molar-refractivity contribution >= 4 is 11.3 Å². The molecule has 2 aromatic heterocycles. The van der Waals surface area contributed by atoms with E-state index in [0.717, 1.165) is 31.3 Å². The summed E-state index contributed by atoms with van der Waals surface area (Å²) in [6.45, 7) is 7.04. The third-order valence-electron chi connectivity index (χ3n) is 5.69. The summed E-state index contributed by atoms with van der Waals surface area (Å²) >= 11 is 1.79. The highest BCUT2D eigenvalue weighted by molar-refractivity contribution is 7.09. The first kappa shape index (κ1) is 16.2. The lowest BCUT2D eigenvalue weighted by Gasteiger charge is -2.28. The smallest absolute Gasteiger partial charge is 0.0888 e. The molecule has 0 amide bonds. The number of likely N-dealkylation sites (tertiary alicyclic amines) is 1. The Morgan fingerprint density at radius 2 is 2.33 bits per heavy atom. The van der Waals surface area contributed by atoms with Gasteiger partial charge in [0.05, 0.1) is 30.1 Å². The van der Waals surface area contributed by atoms with E-state index in [1.165, 1.54) is 36.4 Å². The fourth-order valence-electron chi connectivity index (χ4n) is 4.41. The van der Waals surface area contributed by atoms with E-state index in [1.807, 2.05) is 29.9 Å². The highest BCUT2D eigenvalue weighted by atomic mass is 32.1. The van der Waals surface area contributed by atoms with Gasteiger partial charge in [-0.25, -0.2) is 4.98 Å². The van der Waals surface area contributed by atoms with Gasteiger partial charge in [0.1, 0.15) is 0 Å². The van der Waals surface area contributed by atoms with Gasteiger partial charge in [-0.1, -0.05) is 12.5 Å². The second-order valence-electron chi connectivity index (χ2n) is 7.30. The maximum absolute atomic E-state index is 6.12. The first-order valence-electron chi connectivity index (χ1n) is 8.84. The summed E-state index contributed by atoms with van der Waals surface area (Å²) in [5.74, 6) is 0.787. The number of rotatable bonds is 6. The van der Waals surface area contributed by atoms with Crippen LogP contribution in [-0.2, 0) is 17.9 Å². The van der Waals surface area contributed by atoms with Crippen molar-refractivity contribution in [2.45, 2.75) is 39.3 Å². The Kier molecular flexibility index (Phi) is 4.66. The van der Waals surface area contributed by atoms with E-state index in [0.29, 0.717) is 12.0 Å². The highest BCUT2D eigenvalue weighted by Gasteiger charge is 2.49. The van der Waals surface area contributed by atoms with E-state index >= 15 is 0 Å². The van der Waals surface area contributed by atoms with E-state index in [-0.39, 0.29) is 0 Å². The van der Waals surface area contributed by atoms with Crippen molar-refractivity contribution in [1.82, 2.24) is 14.9 Å². The Morgan fingerprint density at radius 1 is 1.38 bits per heavy atom. The third kappa shape index (κ3) is 3.25. The molecule has 2 aliphatic rings. The van der Waals surface area contributed by atoms with Gasteiger partial charge in [0.15, 0.2) is 0 Å². The summed E-state index contributed by atoms with van der Waals surface area (Å²) in [5.41, 5.74) is 4.54. The zero-order chi connectivity index (χ0) is 16.4. The Bertz CT molecular complexity index is 674. The predicted octanol–water partition coefficient (Wildman–Crippen LogP) is 3.67. The lowest BCUT2D eigenvalue weighted by molar-refractivity contribution is 0.0253. The average Bonchev–Trinajstić information content (AvgIpc) is 3.24. The molecule has 0 N–H and O–H groups in total. The van der Waals surface area contributed by atoms with Crippen LogP contribution in [0.3, 0.4) is 0 Å². The van der Waals surface area contributed by atoms with Crippen molar-refractivity contribution in [3.05, 3.63) is 46.2 Å². The molecule has 3 heterocycles. The van der Waals surface area contributed by atoms with Crippen LogP contribution in [0.5, 0.6) is 0 Å². The molecule has 1 saturated carbocycles. The molecule has 1 aliphatic heterocycles. The summed E-state index contributed by atoms with van der Waals surface area (Å²) in [4.78, 5) is 12.8. The van der Waals surface area contributed by atoms with Crippen molar-refractivity contribution in [2.75, 3.05) is 19.7 Å². The van der Waals surface area contributed by atoms with Crippen molar-refractivity contribution in [3.8, 4) is 0 Å². The van der Waals surface area contributed by atoms with Crippen LogP contribution in [0.15, 0.2) is 29.9 Å². The van der Waals surface area contributed by atoms with Crippen molar-refractivity contribution in [3.63, 3.8) is 0 Å². The second kappa shape index (κ2) is 6.90. The summed E-state index contributed by atoms with van der Waals surface area (Å²) in [7, 11) is 0. The van der Waals surface area contributed by atoms with Gasteiger partial charge in [-0.05, 0) is 37.8 Å². The molecule has 4 nitrogen and oxygen atoms in total. The molecule has 0 radical (unpaired) electrons. The van der Waals surface area contributed by atoms with Crippen LogP contribution >= 0.6 is 11.3 Å². The van der Waals surface area contributed by atoms with Gasteiger partial charge >= 0.3 is 0 Å². The number of aromatic nitrogens is 2. The third-order valence-corrected chi connectivity index (χ3v) is 6.61. The number of ether oxygens (including phenoxy) is 1. The summed E-state index contributed by atoms with van der Waals surface area (Å²) < 4.78 is 6.12. The molecule has 128 valence electrons. The Balaban J connectivity index is 1.37. The van der Waals surface area contributed by atoms with Gasteiger partial charge in [-0.15, -0.1) is 11.3 Å². The monoisotopic (exact) mass is 343 g/mol. The second-order valence-corrected chi connectivity index (χ2v) is 8.24. The minimum absolute atomic E-state index is 0.355. The van der Waals surface area contributed by atoms with E-state index in [1.54, 1.807) is 11.3 Å². The van der Waals surface area contributed by atoms with Gasteiger partial charge < -0.3 is 4.74 Å². The van der Waals surface area contributed by atoms with Gasteiger partial charge in [0.2, 0.25) is 0 Å². The van der Waals surface area contributed by atoms with Gasteiger partial charge in [0.25, 0.3) is 0 Å². The fourth-order valence-corrected chi connectivity index (χ4v) is 5.22. The molecule has 0 aromatic carbocycles. The van der Waals surface area contributed by atoms with Crippen LogP contribution in [0, 0.1) is 18.3 Å². The SMILES string of the molecule is Cc1ncsc1CN1C[C@@H]2CCC[C@]2(COCc2ccccn2)C1. The minimum atomic E-state index is 0.355. The van der Waals surface area contributed by atoms with Crippen molar-refractivity contribution in [1.29, 1.82) is 0 Å². The summed E-state index contributed by atoms with van der Waals surface area (Å²) in [6.07, 6.45) is 5.85. The average molecular weight is 343 g/mol. The van der Waals surface area contributed by atoms with E-state index in [2.05, 4.69) is 21.8 Å². The number of aryl methyl sites for hydroxylation is 1. The first-order valence-corrected chi connectivity index (χ1v) is 9.72. The fraction of sp³-hybridized carbons (Fsp3) is 0.579. The molecular weight excluding hydrogens is 318 g/mol. The number of hydrogen-bond acceptors (Lipinski definition) is 5. The molecule has 24 heavy (non-hydrogen) atoms. The maximum atomic E-state index is 6.12. The number of pyridine rings is 1. The first-order chi connectivity index (χ1) is 11.8. The number of nitrogens with zero attached hydrogens (tertiary/aromatic N) is 3. The van der Waals surface area contributed by atoms with Crippen LogP contribution in [0.25, 0.3) is 0 Å². The summed E-state index contributed by atoms with van der Waals surface area (Å²) in [6, 6.07) is 6.01. The van der Waals surface area contributed by atoms with Crippen LogP contribution in [0.1, 0.15) is 35.5 Å². The molecule has 2 atom stereocenters. The van der Waals surface area contributed by atoms with Gasteiger partial charge in [-0.2, -0.15) is 0 Å². The minimum Gasteiger partial charge on any atom is -0.375 e. The van der Waals surface area contributed by atoms with Crippen molar-refractivity contribution in [2.24, 2.45) is 11.3 Å². The molecular formula is C19H25N3OS. The van der Waals surface area contributed by atoms with Gasteiger partial charge in [0, 0.05) is 36.1 Å². The molecule has 0 unspecified atom stereocenters. The number of hydrogen-bond donors (Lipinski definition) is 0. The van der Waals surface area contributed by atoms with E-state index in [9.17, 15) is 0 Å². The Labute approximate surface area is 147 Å². The predicted molar refractivity (Wildman–Crippen MR) is 95.8 cm³/mol. The van der Waals surface area contributed by atoms with Crippen LogP contribution in [0.4, 0.5) is 0 Å². The largest absolute Gasteiger partial charge is 0.375 e. The Morgan fingerprint density at radius 3 is 3.12 bits per heavy atom. The molecule has 2 fully saturated rings. The van der Waals surface area contributed by atoms with Crippen LogP contribution < -0.4 is 0 Å². The van der Waals surface area contributed by atoms with Crippen LogP contribution in [0.2, 0.25) is 0 Å². The van der Waals surface area contributed by atoms with Gasteiger partial charge in [-0.3, -0.25) is 9.88 Å². The lowest BCUT2D eigenvalue weighted by atomic mass is 9.81. The Hall–Kier alpha value is -1.30. The standard InChI is InChI=1S/C19H25N3OS/c1-15-18(24-14-21-15)10-22-9-16-5-4-7-19(16,12-22)13-23-11-17-6-2-3-8-20-17/h2-3,6,8,14,16H,4-5,7,9-13H2,1H3/t16-,19+/m0/s1. The topological polar surface area (TPSA) is 38.2 Å². The number of thiazole rings is 1. The molecule has 1 saturated heterocycles. The molecule has 1 aliphatic carbocycles. The summed E-state index contributed by atoms with van der Waals surface area (Å²) in [5, 5.41) is 0.